The Morgan fingerprint density at radius 2 is 1.40 bits per heavy atom. The Labute approximate surface area is 205 Å². The van der Waals surface area contributed by atoms with E-state index in [1.807, 2.05) is 53.4 Å². The fourth-order valence-corrected chi connectivity index (χ4v) is 4.02. The summed E-state index contributed by atoms with van der Waals surface area (Å²) in [6, 6.07) is 24.1. The fraction of sp³-hybridized carbons (Fsp3) is 0.250. The third-order valence-corrected chi connectivity index (χ3v) is 5.89. The van der Waals surface area contributed by atoms with E-state index in [2.05, 4.69) is 16.0 Å². The van der Waals surface area contributed by atoms with Gasteiger partial charge in [-0.3, -0.25) is 14.4 Å². The van der Waals surface area contributed by atoms with Crippen molar-refractivity contribution in [2.75, 3.05) is 35.6 Å². The van der Waals surface area contributed by atoms with Crippen LogP contribution in [-0.2, 0) is 16.0 Å². The summed E-state index contributed by atoms with van der Waals surface area (Å²) in [5.41, 5.74) is 3.79. The van der Waals surface area contributed by atoms with E-state index in [1.54, 1.807) is 30.3 Å². The summed E-state index contributed by atoms with van der Waals surface area (Å²) in [7, 11) is 0. The van der Waals surface area contributed by atoms with E-state index in [0.29, 0.717) is 29.8 Å². The van der Waals surface area contributed by atoms with Gasteiger partial charge in [0.2, 0.25) is 11.8 Å². The number of benzene rings is 3. The smallest absolute Gasteiger partial charge is 0.253 e. The molecule has 0 atom stereocenters. The van der Waals surface area contributed by atoms with E-state index in [4.69, 9.17) is 0 Å². The fourth-order valence-electron chi connectivity index (χ4n) is 4.02. The number of carbonyl (C=O) groups is 3. The Morgan fingerprint density at radius 1 is 0.714 bits per heavy atom. The number of aryl methyl sites for hydroxylation is 1. The predicted octanol–water partition coefficient (Wildman–Crippen LogP) is 4.54. The summed E-state index contributed by atoms with van der Waals surface area (Å²) in [4.78, 5) is 39.0. The van der Waals surface area contributed by atoms with Gasteiger partial charge in [-0.25, -0.2) is 0 Å². The molecule has 1 aliphatic heterocycles. The van der Waals surface area contributed by atoms with Gasteiger partial charge >= 0.3 is 0 Å². The maximum atomic E-state index is 12.4. The third-order valence-electron chi connectivity index (χ3n) is 5.89. The van der Waals surface area contributed by atoms with Crippen molar-refractivity contribution in [1.82, 2.24) is 4.90 Å². The van der Waals surface area contributed by atoms with Crippen LogP contribution >= 0.6 is 0 Å². The third kappa shape index (κ3) is 7.17. The van der Waals surface area contributed by atoms with Crippen LogP contribution in [0.5, 0.6) is 0 Å². The molecule has 180 valence electrons. The van der Waals surface area contributed by atoms with E-state index >= 15 is 0 Å². The number of hydrogen-bond acceptors (Lipinski definition) is 4. The SMILES string of the molecule is O=C(CCc1ccccc1)Nc1cccc(NCC(=O)Nc2ccc(C(=O)N3CCCC3)cc2)c1. The molecule has 35 heavy (non-hydrogen) atoms. The lowest BCUT2D eigenvalue weighted by molar-refractivity contribution is -0.116. The van der Waals surface area contributed by atoms with Crippen LogP contribution in [0, 0.1) is 0 Å². The van der Waals surface area contributed by atoms with Gasteiger partial charge in [-0.2, -0.15) is 0 Å². The van der Waals surface area contributed by atoms with Crippen molar-refractivity contribution in [2.24, 2.45) is 0 Å². The van der Waals surface area contributed by atoms with Crippen LogP contribution in [0.4, 0.5) is 17.1 Å². The highest BCUT2D eigenvalue weighted by Crippen LogP contribution is 2.17. The number of nitrogens with one attached hydrogen (secondary N) is 3. The summed E-state index contributed by atoms with van der Waals surface area (Å²) in [5.74, 6) is -0.231. The van der Waals surface area contributed by atoms with Crippen molar-refractivity contribution >= 4 is 34.8 Å². The molecule has 7 nitrogen and oxygen atoms in total. The standard InChI is InChI=1S/C28H30N4O3/c33-26(16-11-21-7-2-1-3-8-21)31-25-10-6-9-24(19-25)29-20-27(34)30-23-14-12-22(13-15-23)28(35)32-17-4-5-18-32/h1-3,6-10,12-15,19,29H,4-5,11,16-18,20H2,(H,30,34)(H,31,33). The van der Waals surface area contributed by atoms with Crippen LogP contribution in [-0.4, -0.2) is 42.3 Å². The first-order valence-electron chi connectivity index (χ1n) is 11.9. The first-order chi connectivity index (χ1) is 17.1. The monoisotopic (exact) mass is 470 g/mol. The number of anilines is 3. The summed E-state index contributed by atoms with van der Waals surface area (Å²) < 4.78 is 0. The first-order valence-corrected chi connectivity index (χ1v) is 11.9. The summed E-state index contributed by atoms with van der Waals surface area (Å²) in [6.45, 7) is 1.68. The Kier molecular flexibility index (Phi) is 8.12. The van der Waals surface area contributed by atoms with E-state index in [-0.39, 0.29) is 24.3 Å². The van der Waals surface area contributed by atoms with Gasteiger partial charge in [0.15, 0.2) is 0 Å². The number of carbonyl (C=O) groups excluding carboxylic acids is 3. The normalized spacial score (nSPS) is 12.7. The Morgan fingerprint density at radius 3 is 2.14 bits per heavy atom. The quantitative estimate of drug-likeness (QED) is 0.428. The van der Waals surface area contributed by atoms with Crippen LogP contribution in [0.2, 0.25) is 0 Å². The van der Waals surface area contributed by atoms with Crippen LogP contribution in [0.1, 0.15) is 35.2 Å². The summed E-state index contributed by atoms with van der Waals surface area (Å²) >= 11 is 0. The molecule has 1 saturated heterocycles. The maximum absolute atomic E-state index is 12.4. The molecule has 7 heteroatoms. The van der Waals surface area contributed by atoms with Gasteiger partial charge in [0.05, 0.1) is 6.54 Å². The van der Waals surface area contributed by atoms with E-state index in [1.165, 1.54) is 0 Å². The maximum Gasteiger partial charge on any atom is 0.253 e. The minimum Gasteiger partial charge on any atom is -0.376 e. The molecule has 3 amide bonds. The molecule has 0 aliphatic carbocycles. The van der Waals surface area contributed by atoms with Crippen molar-refractivity contribution in [3.8, 4) is 0 Å². The zero-order valence-corrected chi connectivity index (χ0v) is 19.6. The van der Waals surface area contributed by atoms with Crippen LogP contribution < -0.4 is 16.0 Å². The van der Waals surface area contributed by atoms with Crippen LogP contribution in [0.3, 0.4) is 0 Å². The number of nitrogens with zero attached hydrogens (tertiary/aromatic N) is 1. The molecule has 0 saturated carbocycles. The average Bonchev–Trinajstić information content (AvgIpc) is 3.42. The molecule has 3 aromatic carbocycles. The van der Waals surface area contributed by atoms with Crippen LogP contribution in [0.25, 0.3) is 0 Å². The highest BCUT2D eigenvalue weighted by atomic mass is 16.2. The minimum absolute atomic E-state index is 0.0362. The second kappa shape index (κ2) is 11.8. The molecular formula is C28H30N4O3. The van der Waals surface area contributed by atoms with Crippen molar-refractivity contribution in [3.05, 3.63) is 90.0 Å². The molecule has 0 bridgehead atoms. The van der Waals surface area contributed by atoms with E-state index in [0.717, 1.165) is 37.2 Å². The lowest BCUT2D eigenvalue weighted by Crippen LogP contribution is -2.27. The lowest BCUT2D eigenvalue weighted by Gasteiger charge is -2.15. The zero-order chi connectivity index (χ0) is 24.5. The van der Waals surface area contributed by atoms with Crippen molar-refractivity contribution in [1.29, 1.82) is 0 Å². The molecule has 0 radical (unpaired) electrons. The Hall–Kier alpha value is -4.13. The topological polar surface area (TPSA) is 90.5 Å². The number of rotatable bonds is 9. The van der Waals surface area contributed by atoms with Gasteiger partial charge in [-0.1, -0.05) is 36.4 Å². The van der Waals surface area contributed by atoms with Gasteiger partial charge in [0, 0.05) is 42.1 Å². The van der Waals surface area contributed by atoms with Gasteiger partial charge in [-0.05, 0) is 67.3 Å². The van der Waals surface area contributed by atoms with E-state index < -0.39 is 0 Å². The van der Waals surface area contributed by atoms with Crippen molar-refractivity contribution in [3.63, 3.8) is 0 Å². The first kappa shape index (κ1) is 24.0. The van der Waals surface area contributed by atoms with Gasteiger partial charge in [0.1, 0.15) is 0 Å². The second-order valence-corrected chi connectivity index (χ2v) is 8.59. The van der Waals surface area contributed by atoms with Crippen molar-refractivity contribution in [2.45, 2.75) is 25.7 Å². The highest BCUT2D eigenvalue weighted by molar-refractivity contribution is 5.97. The minimum atomic E-state index is -0.207. The largest absolute Gasteiger partial charge is 0.376 e. The highest BCUT2D eigenvalue weighted by Gasteiger charge is 2.19. The van der Waals surface area contributed by atoms with Gasteiger partial charge in [-0.15, -0.1) is 0 Å². The predicted molar refractivity (Wildman–Crippen MR) is 139 cm³/mol. The molecule has 3 aromatic rings. The second-order valence-electron chi connectivity index (χ2n) is 8.59. The van der Waals surface area contributed by atoms with Gasteiger partial charge < -0.3 is 20.9 Å². The van der Waals surface area contributed by atoms with Crippen molar-refractivity contribution < 1.29 is 14.4 Å². The molecule has 0 unspecified atom stereocenters. The molecule has 1 fully saturated rings. The van der Waals surface area contributed by atoms with Crippen LogP contribution in [0.15, 0.2) is 78.9 Å². The molecule has 0 aromatic heterocycles. The number of likely N-dealkylation sites (tertiary alicyclic amines) is 1. The molecule has 3 N–H and O–H groups in total. The molecule has 4 rings (SSSR count). The molecule has 1 heterocycles. The lowest BCUT2D eigenvalue weighted by atomic mass is 10.1. The molecule has 0 spiro atoms. The zero-order valence-electron chi connectivity index (χ0n) is 19.6. The van der Waals surface area contributed by atoms with E-state index in [9.17, 15) is 14.4 Å². The molecule has 1 aliphatic rings. The average molecular weight is 471 g/mol. The number of amides is 3. The Balaban J connectivity index is 1.22. The summed E-state index contributed by atoms with van der Waals surface area (Å²) in [5, 5.41) is 8.81. The van der Waals surface area contributed by atoms with Gasteiger partial charge in [0.25, 0.3) is 5.91 Å². The Bertz CT molecular complexity index is 1160. The number of hydrogen-bond donors (Lipinski definition) is 3. The summed E-state index contributed by atoms with van der Waals surface area (Å²) in [6.07, 6.45) is 3.18. The molecular weight excluding hydrogens is 440 g/mol.